The van der Waals surface area contributed by atoms with E-state index in [9.17, 15) is 9.90 Å². The first-order valence-corrected chi connectivity index (χ1v) is 6.63. The summed E-state index contributed by atoms with van der Waals surface area (Å²) in [5.74, 6) is -1.01. The molecule has 0 spiro atoms. The van der Waals surface area contributed by atoms with Gasteiger partial charge in [-0.05, 0) is 36.8 Å². The van der Waals surface area contributed by atoms with Gasteiger partial charge < -0.3 is 15.9 Å². The second-order valence-corrected chi connectivity index (χ2v) is 4.99. The van der Waals surface area contributed by atoms with Crippen molar-refractivity contribution in [2.75, 3.05) is 0 Å². The summed E-state index contributed by atoms with van der Waals surface area (Å²) in [6.45, 7) is 2.08. The van der Waals surface area contributed by atoms with Crippen molar-refractivity contribution in [3.63, 3.8) is 0 Å². The molecule has 0 aliphatic rings. The third-order valence-electron chi connectivity index (χ3n) is 3.38. The Morgan fingerprint density at radius 2 is 1.95 bits per heavy atom. The lowest BCUT2D eigenvalue weighted by Crippen LogP contribution is -2.04. The Labute approximate surface area is 125 Å². The summed E-state index contributed by atoms with van der Waals surface area (Å²) in [4.78, 5) is 12.3. The van der Waals surface area contributed by atoms with E-state index in [1.807, 2.05) is 6.92 Å². The van der Waals surface area contributed by atoms with Gasteiger partial charge in [0.2, 0.25) is 0 Å². The molecular formula is C15H14N4O3. The first kappa shape index (κ1) is 14.0. The number of aromatic carboxylic acids is 1. The highest BCUT2D eigenvalue weighted by molar-refractivity contribution is 5.92. The number of hydrogen-bond donors (Lipinski definition) is 3. The van der Waals surface area contributed by atoms with Crippen molar-refractivity contribution in [1.29, 1.82) is 0 Å². The molecule has 22 heavy (non-hydrogen) atoms. The molecule has 0 bridgehead atoms. The maximum atomic E-state index is 11.0. The summed E-state index contributed by atoms with van der Waals surface area (Å²) in [7, 11) is 0. The third-order valence-corrected chi connectivity index (χ3v) is 3.38. The van der Waals surface area contributed by atoms with E-state index in [-0.39, 0.29) is 17.9 Å². The smallest absolute Gasteiger partial charge is 0.335 e. The van der Waals surface area contributed by atoms with Crippen LogP contribution in [0.3, 0.4) is 0 Å². The molecule has 3 rings (SSSR count). The molecule has 0 aliphatic carbocycles. The van der Waals surface area contributed by atoms with Gasteiger partial charge in [0.1, 0.15) is 22.5 Å². The molecule has 0 unspecified atom stereocenters. The summed E-state index contributed by atoms with van der Waals surface area (Å²) in [6.07, 6.45) is 0. The van der Waals surface area contributed by atoms with Gasteiger partial charge in [0.25, 0.3) is 0 Å². The van der Waals surface area contributed by atoms with E-state index >= 15 is 0 Å². The average Bonchev–Trinajstić information content (AvgIpc) is 2.91. The summed E-state index contributed by atoms with van der Waals surface area (Å²) in [6, 6.07) is 8.03. The number of hydrogen-bond acceptors (Lipinski definition) is 5. The van der Waals surface area contributed by atoms with Gasteiger partial charge in [-0.15, -0.1) is 15.0 Å². The maximum absolute atomic E-state index is 11.0. The Morgan fingerprint density at radius 3 is 2.64 bits per heavy atom. The predicted molar refractivity (Wildman–Crippen MR) is 80.1 cm³/mol. The molecule has 1 aromatic heterocycles. The van der Waals surface area contributed by atoms with Crippen LogP contribution in [0.4, 0.5) is 0 Å². The van der Waals surface area contributed by atoms with Gasteiger partial charge in [-0.25, -0.2) is 4.79 Å². The number of benzene rings is 2. The molecule has 0 radical (unpaired) electrons. The minimum absolute atomic E-state index is 0.0202. The number of carbonyl (C=O) groups is 1. The van der Waals surface area contributed by atoms with Crippen molar-refractivity contribution < 1.29 is 15.0 Å². The molecule has 0 aliphatic heterocycles. The van der Waals surface area contributed by atoms with Gasteiger partial charge in [-0.2, -0.15) is 0 Å². The molecule has 1 heterocycles. The summed E-state index contributed by atoms with van der Waals surface area (Å²) >= 11 is 0. The minimum Gasteiger partial charge on any atom is -0.505 e. The highest BCUT2D eigenvalue weighted by Gasteiger charge is 2.14. The van der Waals surface area contributed by atoms with Crippen molar-refractivity contribution in [2.45, 2.75) is 13.5 Å². The van der Waals surface area contributed by atoms with Crippen molar-refractivity contribution in [3.8, 4) is 11.4 Å². The van der Waals surface area contributed by atoms with Crippen LogP contribution < -0.4 is 5.73 Å². The maximum Gasteiger partial charge on any atom is 0.335 e. The number of rotatable bonds is 3. The van der Waals surface area contributed by atoms with Crippen LogP contribution in [0.15, 0.2) is 30.3 Å². The molecule has 7 nitrogen and oxygen atoms in total. The normalized spacial score (nSPS) is 11.0. The van der Waals surface area contributed by atoms with Crippen molar-refractivity contribution >= 4 is 17.0 Å². The molecule has 0 amide bonds. The molecule has 3 aromatic rings. The largest absolute Gasteiger partial charge is 0.505 e. The molecule has 4 N–H and O–H groups in total. The predicted octanol–water partition coefficient (Wildman–Crippen LogP) is 1.59. The minimum atomic E-state index is -1.03. The van der Waals surface area contributed by atoms with Crippen LogP contribution in [-0.4, -0.2) is 31.2 Å². The summed E-state index contributed by atoms with van der Waals surface area (Å²) in [5, 5.41) is 27.8. The zero-order valence-electron chi connectivity index (χ0n) is 11.8. The standard InChI is InChI=1S/C15H14N4O3/c1-8-4-10(7-16)14(20)13(5-8)19-17-11-3-2-9(15(21)22)6-12(11)18-19/h2-6,20H,7,16H2,1H3,(H,21,22). The van der Waals surface area contributed by atoms with Crippen molar-refractivity contribution in [1.82, 2.24) is 15.0 Å². The highest BCUT2D eigenvalue weighted by Crippen LogP contribution is 2.27. The fourth-order valence-corrected chi connectivity index (χ4v) is 2.30. The number of nitrogens with two attached hydrogens (primary N) is 1. The number of nitrogens with zero attached hydrogens (tertiary/aromatic N) is 3. The number of aromatic nitrogens is 3. The van der Waals surface area contributed by atoms with Gasteiger partial charge >= 0.3 is 5.97 Å². The molecule has 2 aromatic carbocycles. The number of phenols is 1. The van der Waals surface area contributed by atoms with Crippen LogP contribution in [0.2, 0.25) is 0 Å². The van der Waals surface area contributed by atoms with Gasteiger partial charge in [-0.3, -0.25) is 0 Å². The molecule has 0 fully saturated rings. The Balaban J connectivity index is 2.18. The molecule has 0 saturated heterocycles. The summed E-state index contributed by atoms with van der Waals surface area (Å²) in [5.41, 5.74) is 8.66. The third kappa shape index (κ3) is 2.27. The quantitative estimate of drug-likeness (QED) is 0.676. The van der Waals surface area contributed by atoms with E-state index in [2.05, 4.69) is 10.2 Å². The fourth-order valence-electron chi connectivity index (χ4n) is 2.30. The monoisotopic (exact) mass is 298 g/mol. The van der Waals surface area contributed by atoms with Gasteiger partial charge in [0.05, 0.1) is 5.56 Å². The second kappa shape index (κ2) is 5.12. The van der Waals surface area contributed by atoms with E-state index in [1.54, 1.807) is 18.2 Å². The van der Waals surface area contributed by atoms with Crippen LogP contribution in [0.25, 0.3) is 16.7 Å². The van der Waals surface area contributed by atoms with E-state index in [0.29, 0.717) is 22.3 Å². The van der Waals surface area contributed by atoms with Crippen molar-refractivity contribution in [3.05, 3.63) is 47.0 Å². The lowest BCUT2D eigenvalue weighted by Gasteiger charge is -2.09. The van der Waals surface area contributed by atoms with Gasteiger partial charge in [0, 0.05) is 12.1 Å². The zero-order chi connectivity index (χ0) is 15.9. The average molecular weight is 298 g/mol. The van der Waals surface area contributed by atoms with Crippen LogP contribution in [0.5, 0.6) is 5.75 Å². The fraction of sp³-hybridized carbons (Fsp3) is 0.133. The zero-order valence-corrected chi connectivity index (χ0v) is 11.8. The number of aryl methyl sites for hydroxylation is 1. The Bertz CT molecular complexity index is 886. The van der Waals surface area contributed by atoms with E-state index in [0.717, 1.165) is 5.56 Å². The number of aromatic hydroxyl groups is 1. The lowest BCUT2D eigenvalue weighted by atomic mass is 10.1. The summed E-state index contributed by atoms with van der Waals surface area (Å²) < 4.78 is 0. The highest BCUT2D eigenvalue weighted by atomic mass is 16.4. The molecular weight excluding hydrogens is 284 g/mol. The number of carboxylic acid groups (broad SMARTS) is 1. The van der Waals surface area contributed by atoms with Crippen LogP contribution in [0, 0.1) is 6.92 Å². The Morgan fingerprint density at radius 1 is 1.23 bits per heavy atom. The molecule has 7 heteroatoms. The second-order valence-electron chi connectivity index (χ2n) is 4.99. The van der Waals surface area contributed by atoms with E-state index < -0.39 is 5.97 Å². The molecule has 0 saturated carbocycles. The lowest BCUT2D eigenvalue weighted by molar-refractivity contribution is 0.0697. The van der Waals surface area contributed by atoms with E-state index in [4.69, 9.17) is 10.8 Å². The number of fused-ring (bicyclic) bond motifs is 1. The molecule has 0 atom stereocenters. The van der Waals surface area contributed by atoms with Crippen LogP contribution in [-0.2, 0) is 6.54 Å². The van der Waals surface area contributed by atoms with E-state index in [1.165, 1.54) is 16.9 Å². The number of phenolic OH excluding ortho intramolecular Hbond substituents is 1. The van der Waals surface area contributed by atoms with Crippen LogP contribution in [0.1, 0.15) is 21.5 Å². The van der Waals surface area contributed by atoms with Gasteiger partial charge in [0.15, 0.2) is 0 Å². The van der Waals surface area contributed by atoms with Crippen LogP contribution >= 0.6 is 0 Å². The van der Waals surface area contributed by atoms with Gasteiger partial charge in [-0.1, -0.05) is 6.07 Å². The first-order chi connectivity index (χ1) is 10.5. The Kier molecular flexibility index (Phi) is 3.26. The van der Waals surface area contributed by atoms with Crippen molar-refractivity contribution in [2.24, 2.45) is 5.73 Å². The number of carboxylic acids is 1. The molecule has 112 valence electrons. The topological polar surface area (TPSA) is 114 Å². The first-order valence-electron chi connectivity index (χ1n) is 6.63. The Hall–Kier alpha value is -2.93. The SMILES string of the molecule is Cc1cc(CN)c(O)c(-n2nc3ccc(C(=O)O)cc3n2)c1.